The summed E-state index contributed by atoms with van der Waals surface area (Å²) in [5.41, 5.74) is 1.12. The van der Waals surface area contributed by atoms with Gasteiger partial charge in [-0.25, -0.2) is 0 Å². The topological polar surface area (TPSA) is 9.23 Å². The zero-order chi connectivity index (χ0) is 8.10. The predicted octanol–water partition coefficient (Wildman–Crippen LogP) is 2.69. The highest BCUT2D eigenvalue weighted by molar-refractivity contribution is 6.30. The Hall–Kier alpha value is -0.530. The van der Waals surface area contributed by atoms with Crippen LogP contribution in [0, 0.1) is 6.92 Å². The van der Waals surface area contributed by atoms with Crippen LogP contribution in [0.15, 0.2) is 24.3 Å². The summed E-state index contributed by atoms with van der Waals surface area (Å²) in [4.78, 5) is 0. The molecule has 0 heterocycles. The van der Waals surface area contributed by atoms with Crippen LogP contribution in [0.25, 0.3) is 0 Å². The summed E-state index contributed by atoms with van der Waals surface area (Å²) in [6.45, 7) is 4.68. The van der Waals surface area contributed by atoms with Crippen LogP contribution >= 0.6 is 11.6 Å². The molecule has 0 saturated heterocycles. The van der Waals surface area contributed by atoms with Gasteiger partial charge < -0.3 is 4.74 Å². The van der Waals surface area contributed by atoms with Gasteiger partial charge in [0, 0.05) is 11.6 Å². The van der Waals surface area contributed by atoms with E-state index in [0.29, 0.717) is 13.2 Å². The van der Waals surface area contributed by atoms with Crippen molar-refractivity contribution in [1.29, 1.82) is 0 Å². The highest BCUT2D eigenvalue weighted by Crippen LogP contribution is 2.09. The quantitative estimate of drug-likeness (QED) is 0.676. The van der Waals surface area contributed by atoms with Gasteiger partial charge in [0.2, 0.25) is 0 Å². The lowest BCUT2D eigenvalue weighted by Crippen LogP contribution is -1.90. The van der Waals surface area contributed by atoms with Gasteiger partial charge in [-0.15, -0.1) is 0 Å². The monoisotopic (exact) mass is 169 g/mol. The van der Waals surface area contributed by atoms with Gasteiger partial charge >= 0.3 is 0 Å². The minimum Gasteiger partial charge on any atom is -0.377 e. The van der Waals surface area contributed by atoms with Gasteiger partial charge in [-0.2, -0.15) is 0 Å². The van der Waals surface area contributed by atoms with Crippen LogP contribution in [0.4, 0.5) is 0 Å². The van der Waals surface area contributed by atoms with Crippen LogP contribution in [0.3, 0.4) is 0 Å². The second-order valence-corrected chi connectivity index (χ2v) is 2.62. The smallest absolute Gasteiger partial charge is 0.0716 e. The molecular formula is C9H10ClO. The van der Waals surface area contributed by atoms with Crippen LogP contribution < -0.4 is 0 Å². The number of rotatable bonds is 3. The van der Waals surface area contributed by atoms with Crippen LogP contribution in [-0.2, 0) is 11.3 Å². The summed E-state index contributed by atoms with van der Waals surface area (Å²) in [5, 5.41) is 0.753. The van der Waals surface area contributed by atoms with Crippen molar-refractivity contribution in [3.63, 3.8) is 0 Å². The van der Waals surface area contributed by atoms with Crippen molar-refractivity contribution in [2.75, 3.05) is 6.61 Å². The number of halogens is 1. The first-order valence-corrected chi connectivity index (χ1v) is 3.82. The summed E-state index contributed by atoms with van der Waals surface area (Å²) in [7, 11) is 0. The Labute approximate surface area is 71.9 Å². The van der Waals surface area contributed by atoms with Crippen molar-refractivity contribution < 1.29 is 4.74 Å². The molecule has 2 heteroatoms. The molecule has 1 rings (SSSR count). The number of hydrogen-bond donors (Lipinski definition) is 0. The third-order valence-electron chi connectivity index (χ3n) is 1.33. The summed E-state index contributed by atoms with van der Waals surface area (Å²) >= 11 is 5.69. The maximum Gasteiger partial charge on any atom is 0.0716 e. The van der Waals surface area contributed by atoms with Crippen molar-refractivity contribution in [3.05, 3.63) is 41.8 Å². The molecule has 0 saturated carbocycles. The molecule has 0 atom stereocenters. The molecule has 1 aromatic rings. The molecule has 0 aliphatic rings. The van der Waals surface area contributed by atoms with E-state index >= 15 is 0 Å². The second-order valence-electron chi connectivity index (χ2n) is 2.18. The molecule has 0 aliphatic heterocycles. The van der Waals surface area contributed by atoms with E-state index in [1.54, 1.807) is 0 Å². The van der Waals surface area contributed by atoms with Crippen LogP contribution in [0.2, 0.25) is 5.02 Å². The fourth-order valence-corrected chi connectivity index (χ4v) is 0.897. The molecule has 0 fully saturated rings. The van der Waals surface area contributed by atoms with E-state index in [0.717, 1.165) is 10.6 Å². The van der Waals surface area contributed by atoms with Gasteiger partial charge in [0.05, 0.1) is 6.61 Å². The lowest BCUT2D eigenvalue weighted by atomic mass is 10.2. The van der Waals surface area contributed by atoms with E-state index in [9.17, 15) is 0 Å². The third-order valence-corrected chi connectivity index (χ3v) is 1.58. The SMILES string of the molecule is [CH2]COCc1ccc(Cl)cc1. The first-order valence-electron chi connectivity index (χ1n) is 3.44. The average Bonchev–Trinajstić information content (AvgIpc) is 2.04. The van der Waals surface area contributed by atoms with E-state index < -0.39 is 0 Å². The largest absolute Gasteiger partial charge is 0.377 e. The Morgan fingerprint density at radius 3 is 2.45 bits per heavy atom. The van der Waals surface area contributed by atoms with Crippen molar-refractivity contribution in [3.8, 4) is 0 Å². The lowest BCUT2D eigenvalue weighted by molar-refractivity contribution is 0.147. The van der Waals surface area contributed by atoms with E-state index in [-0.39, 0.29) is 0 Å². The Bertz CT molecular complexity index is 205. The van der Waals surface area contributed by atoms with Crippen molar-refractivity contribution >= 4 is 11.6 Å². The molecule has 0 N–H and O–H groups in total. The summed E-state index contributed by atoms with van der Waals surface area (Å²) in [6, 6.07) is 7.59. The Morgan fingerprint density at radius 1 is 1.27 bits per heavy atom. The first-order chi connectivity index (χ1) is 5.33. The average molecular weight is 170 g/mol. The molecule has 0 bridgehead atoms. The van der Waals surface area contributed by atoms with Crippen molar-refractivity contribution in [1.82, 2.24) is 0 Å². The van der Waals surface area contributed by atoms with Crippen molar-refractivity contribution in [2.45, 2.75) is 6.61 Å². The van der Waals surface area contributed by atoms with E-state index in [4.69, 9.17) is 16.3 Å². The van der Waals surface area contributed by atoms with Gasteiger partial charge in [0.25, 0.3) is 0 Å². The highest BCUT2D eigenvalue weighted by atomic mass is 35.5. The third kappa shape index (κ3) is 2.91. The predicted molar refractivity (Wildman–Crippen MR) is 46.5 cm³/mol. The molecule has 1 radical (unpaired) electrons. The van der Waals surface area contributed by atoms with Gasteiger partial charge in [0.1, 0.15) is 0 Å². The highest BCUT2D eigenvalue weighted by Gasteiger charge is 1.90. The summed E-state index contributed by atoms with van der Waals surface area (Å²) in [5.74, 6) is 0. The Kier molecular flexibility index (Phi) is 3.40. The van der Waals surface area contributed by atoms with Crippen LogP contribution in [-0.4, -0.2) is 6.61 Å². The maximum atomic E-state index is 5.69. The van der Waals surface area contributed by atoms with Gasteiger partial charge in [0.15, 0.2) is 0 Å². The zero-order valence-corrected chi connectivity index (χ0v) is 6.97. The maximum absolute atomic E-state index is 5.69. The Balaban J connectivity index is 2.52. The van der Waals surface area contributed by atoms with Gasteiger partial charge in [-0.3, -0.25) is 0 Å². The minimum atomic E-state index is 0.503. The zero-order valence-electron chi connectivity index (χ0n) is 6.22. The van der Waals surface area contributed by atoms with Crippen LogP contribution in [0.1, 0.15) is 5.56 Å². The first kappa shape index (κ1) is 8.57. The lowest BCUT2D eigenvalue weighted by Gasteiger charge is -2.00. The molecule has 59 valence electrons. The molecule has 11 heavy (non-hydrogen) atoms. The molecule has 0 aromatic heterocycles. The fourth-order valence-electron chi connectivity index (χ4n) is 0.771. The number of ether oxygens (including phenoxy) is 1. The van der Waals surface area contributed by atoms with E-state index in [1.807, 2.05) is 24.3 Å². The standard InChI is InChI=1S/C9H10ClO/c1-2-11-7-8-3-5-9(10)6-4-8/h3-6H,1-2,7H2. The molecule has 0 spiro atoms. The molecule has 1 nitrogen and oxygen atoms in total. The Morgan fingerprint density at radius 2 is 1.91 bits per heavy atom. The van der Waals surface area contributed by atoms with Crippen molar-refractivity contribution in [2.24, 2.45) is 0 Å². The normalized spacial score (nSPS) is 10.0. The molecule has 0 aliphatic carbocycles. The van der Waals surface area contributed by atoms with E-state index in [1.165, 1.54) is 0 Å². The molecule has 0 amide bonds. The van der Waals surface area contributed by atoms with Gasteiger partial charge in [-0.1, -0.05) is 23.7 Å². The van der Waals surface area contributed by atoms with Crippen LogP contribution in [0.5, 0.6) is 0 Å². The number of hydrogen-bond acceptors (Lipinski definition) is 1. The second kappa shape index (κ2) is 4.37. The minimum absolute atomic E-state index is 0.503. The molecular weight excluding hydrogens is 160 g/mol. The molecule has 1 aromatic carbocycles. The summed E-state index contributed by atoms with van der Waals surface area (Å²) < 4.78 is 5.11. The summed E-state index contributed by atoms with van der Waals surface area (Å²) in [6.07, 6.45) is 0. The van der Waals surface area contributed by atoms with E-state index in [2.05, 4.69) is 6.92 Å². The number of benzene rings is 1. The van der Waals surface area contributed by atoms with Gasteiger partial charge in [-0.05, 0) is 24.6 Å². The fraction of sp³-hybridized carbons (Fsp3) is 0.222. The molecule has 0 unspecified atom stereocenters.